The zero-order valence-corrected chi connectivity index (χ0v) is 13.3. The van der Waals surface area contributed by atoms with Crippen molar-refractivity contribution in [2.24, 2.45) is 0 Å². The highest BCUT2D eigenvalue weighted by Gasteiger charge is 2.09. The molecule has 1 unspecified atom stereocenters. The van der Waals surface area contributed by atoms with Gasteiger partial charge in [-0.15, -0.1) is 0 Å². The van der Waals surface area contributed by atoms with Crippen molar-refractivity contribution < 1.29 is 4.39 Å². The molecule has 0 radical (unpaired) electrons. The third kappa shape index (κ3) is 4.05. The van der Waals surface area contributed by atoms with Crippen molar-refractivity contribution in [1.29, 1.82) is 0 Å². The van der Waals surface area contributed by atoms with Crippen molar-refractivity contribution in [1.82, 2.24) is 5.32 Å². The summed E-state index contributed by atoms with van der Waals surface area (Å²) in [5, 5.41) is 3.70. The summed E-state index contributed by atoms with van der Waals surface area (Å²) in [5.41, 5.74) is 3.26. The molecule has 0 amide bonds. The number of nitrogens with one attached hydrogen (secondary N) is 1. The average Bonchev–Trinajstić information content (AvgIpc) is 2.51. The summed E-state index contributed by atoms with van der Waals surface area (Å²) in [7, 11) is 0. The third-order valence-electron chi connectivity index (χ3n) is 3.61. The van der Waals surface area contributed by atoms with Gasteiger partial charge < -0.3 is 5.32 Å². The van der Waals surface area contributed by atoms with Crippen LogP contribution < -0.4 is 5.32 Å². The van der Waals surface area contributed by atoms with Gasteiger partial charge in [0.25, 0.3) is 0 Å². The molecule has 0 aliphatic rings. The molecule has 2 rings (SSSR count). The molecule has 112 valence electrons. The number of hydrogen-bond donors (Lipinski definition) is 1. The lowest BCUT2D eigenvalue weighted by atomic mass is 9.99. The maximum atomic E-state index is 13.2. The van der Waals surface area contributed by atoms with Gasteiger partial charge in [0, 0.05) is 6.04 Å². The SMILES string of the molecule is CCCNC(CC)c1ccc(-c2ccc(F)c(Cl)c2)cc1. The van der Waals surface area contributed by atoms with Crippen LogP contribution in [0.3, 0.4) is 0 Å². The number of hydrogen-bond acceptors (Lipinski definition) is 1. The summed E-state index contributed by atoms with van der Waals surface area (Å²) >= 11 is 5.84. The van der Waals surface area contributed by atoms with Gasteiger partial charge in [-0.1, -0.05) is 55.8 Å². The van der Waals surface area contributed by atoms with Gasteiger partial charge in [0.2, 0.25) is 0 Å². The number of halogens is 2. The van der Waals surface area contributed by atoms with Crippen LogP contribution in [0.25, 0.3) is 11.1 Å². The van der Waals surface area contributed by atoms with Crippen LogP contribution in [0, 0.1) is 5.82 Å². The number of rotatable bonds is 6. The first-order chi connectivity index (χ1) is 10.2. The van der Waals surface area contributed by atoms with E-state index in [2.05, 4.69) is 43.4 Å². The third-order valence-corrected chi connectivity index (χ3v) is 3.90. The minimum atomic E-state index is -0.383. The van der Waals surface area contributed by atoms with Crippen LogP contribution in [-0.2, 0) is 0 Å². The highest BCUT2D eigenvalue weighted by atomic mass is 35.5. The Morgan fingerprint density at radius 1 is 1.05 bits per heavy atom. The zero-order chi connectivity index (χ0) is 15.2. The van der Waals surface area contributed by atoms with Gasteiger partial charge in [-0.2, -0.15) is 0 Å². The Bertz CT molecular complexity index is 580. The van der Waals surface area contributed by atoms with Crippen LogP contribution in [0.4, 0.5) is 4.39 Å². The molecule has 21 heavy (non-hydrogen) atoms. The van der Waals surface area contributed by atoms with E-state index in [-0.39, 0.29) is 10.8 Å². The van der Waals surface area contributed by atoms with Crippen molar-refractivity contribution >= 4 is 11.6 Å². The van der Waals surface area contributed by atoms with Gasteiger partial charge in [-0.3, -0.25) is 0 Å². The molecule has 3 heteroatoms. The molecule has 1 nitrogen and oxygen atoms in total. The minimum absolute atomic E-state index is 0.160. The second-order valence-electron chi connectivity index (χ2n) is 5.17. The van der Waals surface area contributed by atoms with E-state index in [1.165, 1.54) is 11.6 Å². The van der Waals surface area contributed by atoms with E-state index in [0.29, 0.717) is 6.04 Å². The summed E-state index contributed by atoms with van der Waals surface area (Å²) < 4.78 is 13.2. The minimum Gasteiger partial charge on any atom is -0.310 e. The Labute approximate surface area is 131 Å². The fourth-order valence-corrected chi connectivity index (χ4v) is 2.58. The Morgan fingerprint density at radius 3 is 2.29 bits per heavy atom. The first-order valence-corrected chi connectivity index (χ1v) is 7.82. The standard InChI is InChI=1S/C18H21ClFN/c1-3-11-21-18(4-2)14-7-5-13(6-8-14)15-9-10-17(20)16(19)12-15/h5-10,12,18,21H,3-4,11H2,1-2H3. The molecule has 0 saturated heterocycles. The molecule has 0 aromatic heterocycles. The summed E-state index contributed by atoms with van der Waals surface area (Å²) in [4.78, 5) is 0. The van der Waals surface area contributed by atoms with Gasteiger partial charge in [0.1, 0.15) is 5.82 Å². The predicted octanol–water partition coefficient (Wildman–Crippen LogP) is 5.60. The van der Waals surface area contributed by atoms with E-state index in [9.17, 15) is 4.39 Å². The fraction of sp³-hybridized carbons (Fsp3) is 0.333. The Balaban J connectivity index is 2.19. The van der Waals surface area contributed by atoms with Gasteiger partial charge in [0.05, 0.1) is 5.02 Å². The zero-order valence-electron chi connectivity index (χ0n) is 12.5. The van der Waals surface area contributed by atoms with Crippen LogP contribution in [0.15, 0.2) is 42.5 Å². The van der Waals surface area contributed by atoms with Crippen molar-refractivity contribution in [3.63, 3.8) is 0 Å². The van der Waals surface area contributed by atoms with E-state index in [0.717, 1.165) is 30.5 Å². The fourth-order valence-electron chi connectivity index (χ4n) is 2.40. The van der Waals surface area contributed by atoms with Crippen LogP contribution in [0.5, 0.6) is 0 Å². The molecule has 1 N–H and O–H groups in total. The summed E-state index contributed by atoms with van der Waals surface area (Å²) in [6.45, 7) is 5.37. The highest BCUT2D eigenvalue weighted by Crippen LogP contribution is 2.26. The average molecular weight is 306 g/mol. The molecule has 0 fully saturated rings. The van der Waals surface area contributed by atoms with Crippen LogP contribution in [-0.4, -0.2) is 6.54 Å². The van der Waals surface area contributed by atoms with E-state index in [1.807, 2.05) is 0 Å². The van der Waals surface area contributed by atoms with Crippen molar-refractivity contribution in [2.45, 2.75) is 32.7 Å². The van der Waals surface area contributed by atoms with E-state index >= 15 is 0 Å². The lowest BCUT2D eigenvalue weighted by Crippen LogP contribution is -2.21. The lowest BCUT2D eigenvalue weighted by Gasteiger charge is -2.17. The Kier molecular flexibility index (Phi) is 5.77. The van der Waals surface area contributed by atoms with Crippen molar-refractivity contribution in [3.05, 3.63) is 58.9 Å². The maximum Gasteiger partial charge on any atom is 0.141 e. The monoisotopic (exact) mass is 305 g/mol. The van der Waals surface area contributed by atoms with Crippen molar-refractivity contribution in [2.75, 3.05) is 6.54 Å². The number of benzene rings is 2. The lowest BCUT2D eigenvalue weighted by molar-refractivity contribution is 0.518. The Morgan fingerprint density at radius 2 is 1.71 bits per heavy atom. The molecule has 0 spiro atoms. The normalized spacial score (nSPS) is 12.4. The summed E-state index contributed by atoms with van der Waals surface area (Å²) in [6.07, 6.45) is 2.18. The van der Waals surface area contributed by atoms with Crippen molar-refractivity contribution in [3.8, 4) is 11.1 Å². The molecular weight excluding hydrogens is 285 g/mol. The molecule has 0 aliphatic heterocycles. The molecule has 0 bridgehead atoms. The molecular formula is C18H21ClFN. The molecule has 0 saturated carbocycles. The molecule has 2 aromatic carbocycles. The highest BCUT2D eigenvalue weighted by molar-refractivity contribution is 6.31. The van der Waals surface area contributed by atoms with Gasteiger partial charge in [0.15, 0.2) is 0 Å². The van der Waals surface area contributed by atoms with Crippen LogP contribution >= 0.6 is 11.6 Å². The van der Waals surface area contributed by atoms with E-state index < -0.39 is 0 Å². The first kappa shape index (κ1) is 16.0. The molecule has 2 aromatic rings. The van der Waals surface area contributed by atoms with Crippen LogP contribution in [0.2, 0.25) is 5.02 Å². The second kappa shape index (κ2) is 7.58. The largest absolute Gasteiger partial charge is 0.310 e. The molecule has 0 aliphatic carbocycles. The smallest absolute Gasteiger partial charge is 0.141 e. The second-order valence-corrected chi connectivity index (χ2v) is 5.57. The van der Waals surface area contributed by atoms with Gasteiger partial charge in [-0.25, -0.2) is 4.39 Å². The van der Waals surface area contributed by atoms with Gasteiger partial charge in [-0.05, 0) is 48.2 Å². The summed E-state index contributed by atoms with van der Waals surface area (Å²) in [5.74, 6) is -0.383. The summed E-state index contributed by atoms with van der Waals surface area (Å²) in [6, 6.07) is 13.6. The first-order valence-electron chi connectivity index (χ1n) is 7.44. The quantitative estimate of drug-likeness (QED) is 0.733. The topological polar surface area (TPSA) is 12.0 Å². The van der Waals surface area contributed by atoms with E-state index in [1.54, 1.807) is 12.1 Å². The molecule has 0 heterocycles. The van der Waals surface area contributed by atoms with Crippen LogP contribution in [0.1, 0.15) is 38.3 Å². The Hall–Kier alpha value is -1.38. The van der Waals surface area contributed by atoms with Gasteiger partial charge >= 0.3 is 0 Å². The maximum absolute atomic E-state index is 13.2. The van der Waals surface area contributed by atoms with E-state index in [4.69, 9.17) is 11.6 Å². The predicted molar refractivity (Wildman–Crippen MR) is 88.2 cm³/mol. The molecule has 1 atom stereocenters.